The van der Waals surface area contributed by atoms with Crippen LogP contribution in [-0.2, 0) is 11.2 Å². The normalized spacial score (nSPS) is 11.9. The molecule has 8 heteroatoms. The second kappa shape index (κ2) is 6.31. The van der Waals surface area contributed by atoms with E-state index in [1.165, 1.54) is 11.3 Å². The molecule has 0 fully saturated rings. The Bertz CT molecular complexity index is 446. The molecule has 0 saturated heterocycles. The van der Waals surface area contributed by atoms with E-state index in [2.05, 4.69) is 15.6 Å². The second-order valence-corrected chi connectivity index (χ2v) is 4.75. The van der Waals surface area contributed by atoms with Crippen LogP contribution in [0.25, 0.3) is 0 Å². The standard InChI is InChI=1S/C10H15N3O4S/c1-3-6-5(2)18-10(12-6)13-9(17)11-7(4-14)8(15)16/h7,14H,3-4H2,1-2H3,(H,15,16)(H2,11,12,13,17)/t7-/m1/s1. The highest BCUT2D eigenvalue weighted by molar-refractivity contribution is 7.15. The van der Waals surface area contributed by atoms with Gasteiger partial charge in [0.25, 0.3) is 0 Å². The number of aliphatic hydroxyl groups is 1. The van der Waals surface area contributed by atoms with Crippen LogP contribution >= 0.6 is 11.3 Å². The maximum atomic E-state index is 11.5. The number of nitrogens with one attached hydrogen (secondary N) is 2. The average Bonchev–Trinajstić information content (AvgIpc) is 2.65. The summed E-state index contributed by atoms with van der Waals surface area (Å²) in [7, 11) is 0. The summed E-state index contributed by atoms with van der Waals surface area (Å²) in [6.07, 6.45) is 0.764. The average molecular weight is 273 g/mol. The number of carbonyl (C=O) groups is 2. The molecule has 1 rings (SSSR count). The minimum atomic E-state index is -1.32. The molecule has 0 radical (unpaired) electrons. The van der Waals surface area contributed by atoms with E-state index < -0.39 is 24.6 Å². The molecule has 0 bridgehead atoms. The smallest absolute Gasteiger partial charge is 0.328 e. The fourth-order valence-corrected chi connectivity index (χ4v) is 2.18. The molecule has 1 aromatic heterocycles. The Kier molecular flexibility index (Phi) is 5.05. The first-order valence-corrected chi connectivity index (χ1v) is 6.17. The molecule has 4 N–H and O–H groups in total. The summed E-state index contributed by atoms with van der Waals surface area (Å²) in [5.74, 6) is -1.29. The molecule has 2 amide bonds. The van der Waals surface area contributed by atoms with Crippen molar-refractivity contribution in [2.45, 2.75) is 26.3 Å². The molecule has 1 aromatic rings. The Hall–Kier alpha value is -1.67. The van der Waals surface area contributed by atoms with Gasteiger partial charge in [0.15, 0.2) is 11.2 Å². The van der Waals surface area contributed by atoms with E-state index in [1.54, 1.807) is 0 Å². The summed E-state index contributed by atoms with van der Waals surface area (Å²) >= 11 is 1.32. The van der Waals surface area contributed by atoms with Gasteiger partial charge in [-0.2, -0.15) is 0 Å². The quantitative estimate of drug-likeness (QED) is 0.627. The highest BCUT2D eigenvalue weighted by Gasteiger charge is 2.19. The zero-order chi connectivity index (χ0) is 13.7. The lowest BCUT2D eigenvalue weighted by Crippen LogP contribution is -2.45. The van der Waals surface area contributed by atoms with Crippen LogP contribution in [0.3, 0.4) is 0 Å². The number of aliphatic hydroxyl groups excluding tert-OH is 1. The number of carboxylic acid groups (broad SMARTS) is 1. The molecule has 0 saturated carbocycles. The topological polar surface area (TPSA) is 112 Å². The summed E-state index contributed by atoms with van der Waals surface area (Å²) in [5.41, 5.74) is 0.896. The van der Waals surface area contributed by atoms with Gasteiger partial charge in [0, 0.05) is 4.88 Å². The number of carbonyl (C=O) groups excluding carboxylic acids is 1. The third-order valence-electron chi connectivity index (χ3n) is 2.23. The molecule has 18 heavy (non-hydrogen) atoms. The van der Waals surface area contributed by atoms with Crippen LogP contribution in [0.1, 0.15) is 17.5 Å². The SMILES string of the molecule is CCc1nc(NC(=O)N[C@H](CO)C(=O)O)sc1C. The zero-order valence-electron chi connectivity index (χ0n) is 10.1. The van der Waals surface area contributed by atoms with Crippen molar-refractivity contribution in [2.24, 2.45) is 0 Å². The van der Waals surface area contributed by atoms with Gasteiger partial charge < -0.3 is 15.5 Å². The van der Waals surface area contributed by atoms with Gasteiger partial charge in [0.1, 0.15) is 0 Å². The monoisotopic (exact) mass is 273 g/mol. The van der Waals surface area contributed by atoms with E-state index in [9.17, 15) is 9.59 Å². The predicted octanol–water partition coefficient (Wildman–Crippen LogP) is 0.581. The Morgan fingerprint density at radius 2 is 2.17 bits per heavy atom. The molecular formula is C10H15N3O4S. The van der Waals surface area contributed by atoms with Crippen LogP contribution in [0.5, 0.6) is 0 Å². The van der Waals surface area contributed by atoms with E-state index >= 15 is 0 Å². The number of aryl methyl sites for hydroxylation is 2. The number of aliphatic carboxylic acids is 1. The first kappa shape index (κ1) is 14.4. The van der Waals surface area contributed by atoms with E-state index in [1.807, 2.05) is 13.8 Å². The largest absolute Gasteiger partial charge is 0.480 e. The van der Waals surface area contributed by atoms with Gasteiger partial charge in [-0.05, 0) is 13.3 Å². The molecule has 100 valence electrons. The van der Waals surface area contributed by atoms with Crippen LogP contribution in [-0.4, -0.2) is 39.8 Å². The van der Waals surface area contributed by atoms with Crippen molar-refractivity contribution in [3.63, 3.8) is 0 Å². The molecule has 0 aromatic carbocycles. The number of hydrogen-bond donors (Lipinski definition) is 4. The van der Waals surface area contributed by atoms with E-state index in [0.29, 0.717) is 5.13 Å². The van der Waals surface area contributed by atoms with Crippen molar-refractivity contribution in [3.05, 3.63) is 10.6 Å². The van der Waals surface area contributed by atoms with Crippen molar-refractivity contribution < 1.29 is 19.8 Å². The highest BCUT2D eigenvalue weighted by Crippen LogP contribution is 2.22. The predicted molar refractivity (Wildman–Crippen MR) is 66.9 cm³/mol. The Morgan fingerprint density at radius 1 is 1.50 bits per heavy atom. The molecule has 0 spiro atoms. The maximum Gasteiger partial charge on any atom is 0.328 e. The van der Waals surface area contributed by atoms with Crippen LogP contribution in [0, 0.1) is 6.92 Å². The van der Waals surface area contributed by atoms with Crippen molar-refractivity contribution >= 4 is 28.5 Å². The Labute approximate surface area is 108 Å². The van der Waals surface area contributed by atoms with Crippen LogP contribution in [0.15, 0.2) is 0 Å². The summed E-state index contributed by atoms with van der Waals surface area (Å²) in [4.78, 5) is 27.3. The third kappa shape index (κ3) is 3.67. The fourth-order valence-electron chi connectivity index (χ4n) is 1.29. The number of urea groups is 1. The van der Waals surface area contributed by atoms with Crippen LogP contribution in [0.2, 0.25) is 0 Å². The number of nitrogens with zero attached hydrogens (tertiary/aromatic N) is 1. The molecular weight excluding hydrogens is 258 g/mol. The summed E-state index contributed by atoms with van der Waals surface area (Å²) < 4.78 is 0. The minimum absolute atomic E-state index is 0.406. The lowest BCUT2D eigenvalue weighted by atomic mass is 10.3. The van der Waals surface area contributed by atoms with Gasteiger partial charge in [0.05, 0.1) is 12.3 Å². The van der Waals surface area contributed by atoms with Gasteiger partial charge in [-0.1, -0.05) is 6.92 Å². The van der Waals surface area contributed by atoms with Gasteiger partial charge >= 0.3 is 12.0 Å². The summed E-state index contributed by atoms with van der Waals surface area (Å²) in [6, 6.07) is -2.02. The van der Waals surface area contributed by atoms with Gasteiger partial charge in [-0.15, -0.1) is 11.3 Å². The second-order valence-electron chi connectivity index (χ2n) is 3.55. The molecule has 7 nitrogen and oxygen atoms in total. The van der Waals surface area contributed by atoms with Crippen molar-refractivity contribution in [1.82, 2.24) is 10.3 Å². The van der Waals surface area contributed by atoms with Crippen LogP contribution < -0.4 is 10.6 Å². The number of thiazole rings is 1. The van der Waals surface area contributed by atoms with Gasteiger partial charge in [0.2, 0.25) is 0 Å². The lowest BCUT2D eigenvalue weighted by Gasteiger charge is -2.11. The number of amides is 2. The fraction of sp³-hybridized carbons (Fsp3) is 0.500. The van der Waals surface area contributed by atoms with Crippen molar-refractivity contribution in [3.8, 4) is 0 Å². The Morgan fingerprint density at radius 3 is 2.61 bits per heavy atom. The van der Waals surface area contributed by atoms with Gasteiger partial charge in [-0.25, -0.2) is 14.6 Å². The third-order valence-corrected chi connectivity index (χ3v) is 3.16. The molecule has 0 aliphatic carbocycles. The van der Waals surface area contributed by atoms with Gasteiger partial charge in [-0.3, -0.25) is 5.32 Å². The van der Waals surface area contributed by atoms with E-state index in [-0.39, 0.29) is 0 Å². The Balaban J connectivity index is 2.61. The number of hydrogen-bond acceptors (Lipinski definition) is 5. The van der Waals surface area contributed by atoms with Crippen molar-refractivity contribution in [1.29, 1.82) is 0 Å². The molecule has 0 aliphatic heterocycles. The number of aromatic nitrogens is 1. The molecule has 0 aliphatic rings. The summed E-state index contributed by atoms with van der Waals surface area (Å²) in [6.45, 7) is 3.19. The molecule has 1 heterocycles. The van der Waals surface area contributed by atoms with Crippen molar-refractivity contribution in [2.75, 3.05) is 11.9 Å². The number of anilines is 1. The molecule has 1 atom stereocenters. The zero-order valence-corrected chi connectivity index (χ0v) is 10.9. The van der Waals surface area contributed by atoms with E-state index in [0.717, 1.165) is 17.0 Å². The maximum absolute atomic E-state index is 11.5. The first-order chi connectivity index (χ1) is 8.47. The first-order valence-electron chi connectivity index (χ1n) is 5.35. The highest BCUT2D eigenvalue weighted by atomic mass is 32.1. The van der Waals surface area contributed by atoms with Crippen LogP contribution in [0.4, 0.5) is 9.93 Å². The minimum Gasteiger partial charge on any atom is -0.480 e. The number of rotatable bonds is 5. The van der Waals surface area contributed by atoms with E-state index in [4.69, 9.17) is 10.2 Å². The number of carboxylic acids is 1. The summed E-state index contributed by atoms with van der Waals surface area (Å²) in [5, 5.41) is 22.4. The molecule has 0 unspecified atom stereocenters. The lowest BCUT2D eigenvalue weighted by molar-refractivity contribution is -0.140.